The maximum atomic E-state index is 12.7. The molecule has 3 rings (SSSR count). The number of carbonyl (C=O) groups is 3. The van der Waals surface area contributed by atoms with E-state index in [1.165, 1.54) is 20.3 Å². The molecule has 1 aromatic heterocycles. The minimum absolute atomic E-state index is 0.216. The third-order valence-electron chi connectivity index (χ3n) is 4.44. The van der Waals surface area contributed by atoms with Crippen LogP contribution < -0.4 is 26.0 Å². The lowest BCUT2D eigenvalue weighted by Gasteiger charge is -2.17. The summed E-state index contributed by atoms with van der Waals surface area (Å²) in [6.07, 6.45) is 1.43. The van der Waals surface area contributed by atoms with Crippen LogP contribution in [0.25, 0.3) is 0 Å². The molecular weight excluding hydrogens is 412 g/mol. The Kier molecular flexibility index (Phi) is 7.12. The van der Waals surface area contributed by atoms with E-state index in [0.29, 0.717) is 28.5 Å². The quantitative estimate of drug-likeness (QED) is 0.424. The van der Waals surface area contributed by atoms with Gasteiger partial charge in [0.25, 0.3) is 5.91 Å². The fourth-order valence-corrected chi connectivity index (χ4v) is 2.89. The standard InChI is InChI=1S/C23H24N4O5/c1-14(22(29)27-19-13-18(25-15(2)28)10-11-20(19)31-3)24-16-6-8-17(9-7-16)26-23(30)21-5-4-12-32-21/h4-14,24H,1-3H3,(H,25,28)(H,26,30)(H,27,29). The molecule has 3 amide bonds. The van der Waals surface area contributed by atoms with Gasteiger partial charge in [0.05, 0.1) is 19.1 Å². The summed E-state index contributed by atoms with van der Waals surface area (Å²) in [5.74, 6) is -0.171. The molecule has 32 heavy (non-hydrogen) atoms. The number of methoxy groups -OCH3 is 1. The molecule has 1 heterocycles. The number of anilines is 4. The van der Waals surface area contributed by atoms with Crippen molar-refractivity contribution in [3.63, 3.8) is 0 Å². The molecule has 9 heteroatoms. The lowest BCUT2D eigenvalue weighted by molar-refractivity contribution is -0.116. The molecule has 0 aliphatic rings. The molecular formula is C23H24N4O5. The van der Waals surface area contributed by atoms with Gasteiger partial charge in [-0.05, 0) is 61.5 Å². The first kappa shape index (κ1) is 22.4. The summed E-state index contributed by atoms with van der Waals surface area (Å²) in [5.41, 5.74) is 2.27. The molecule has 1 atom stereocenters. The molecule has 4 N–H and O–H groups in total. The fourth-order valence-electron chi connectivity index (χ4n) is 2.89. The molecule has 0 aliphatic heterocycles. The molecule has 0 radical (unpaired) electrons. The molecule has 0 saturated heterocycles. The van der Waals surface area contributed by atoms with Gasteiger partial charge in [0.15, 0.2) is 5.76 Å². The first-order valence-corrected chi connectivity index (χ1v) is 9.83. The Labute approximate surface area is 185 Å². The van der Waals surface area contributed by atoms with Crippen molar-refractivity contribution in [2.75, 3.05) is 28.4 Å². The highest BCUT2D eigenvalue weighted by molar-refractivity contribution is 6.02. The summed E-state index contributed by atoms with van der Waals surface area (Å²) in [6.45, 7) is 3.12. The number of hydrogen-bond donors (Lipinski definition) is 4. The van der Waals surface area contributed by atoms with Crippen LogP contribution in [0.15, 0.2) is 65.3 Å². The van der Waals surface area contributed by atoms with Crippen molar-refractivity contribution in [2.24, 2.45) is 0 Å². The predicted octanol–water partition coefficient (Wildman–Crippen LogP) is 3.94. The van der Waals surface area contributed by atoms with Crippen LogP contribution >= 0.6 is 0 Å². The SMILES string of the molecule is COc1ccc(NC(C)=O)cc1NC(=O)C(C)Nc1ccc(NC(=O)c2ccco2)cc1. The van der Waals surface area contributed by atoms with E-state index in [4.69, 9.17) is 9.15 Å². The van der Waals surface area contributed by atoms with Gasteiger partial charge in [-0.25, -0.2) is 0 Å². The monoisotopic (exact) mass is 436 g/mol. The Balaban J connectivity index is 1.60. The van der Waals surface area contributed by atoms with Crippen LogP contribution in [-0.2, 0) is 9.59 Å². The van der Waals surface area contributed by atoms with Gasteiger partial charge >= 0.3 is 0 Å². The molecule has 0 aliphatic carbocycles. The minimum atomic E-state index is -0.576. The average Bonchev–Trinajstić information content (AvgIpc) is 3.30. The molecule has 2 aromatic carbocycles. The first-order valence-electron chi connectivity index (χ1n) is 9.83. The second-order valence-corrected chi connectivity index (χ2v) is 6.96. The maximum Gasteiger partial charge on any atom is 0.291 e. The highest BCUT2D eigenvalue weighted by atomic mass is 16.5. The topological polar surface area (TPSA) is 122 Å². The van der Waals surface area contributed by atoms with Crippen molar-refractivity contribution >= 4 is 40.5 Å². The number of ether oxygens (including phenoxy) is 1. The third kappa shape index (κ3) is 5.88. The highest BCUT2D eigenvalue weighted by Gasteiger charge is 2.16. The molecule has 3 aromatic rings. The Bertz CT molecular complexity index is 1090. The summed E-state index contributed by atoms with van der Waals surface area (Å²) in [6, 6.07) is 14.5. The van der Waals surface area contributed by atoms with E-state index in [0.717, 1.165) is 0 Å². The molecule has 0 bridgehead atoms. The average molecular weight is 436 g/mol. The van der Waals surface area contributed by atoms with E-state index in [-0.39, 0.29) is 23.5 Å². The number of benzene rings is 2. The maximum absolute atomic E-state index is 12.7. The van der Waals surface area contributed by atoms with Gasteiger partial charge < -0.3 is 30.4 Å². The van der Waals surface area contributed by atoms with Crippen molar-refractivity contribution in [2.45, 2.75) is 19.9 Å². The number of furan rings is 1. The molecule has 0 saturated carbocycles. The summed E-state index contributed by atoms with van der Waals surface area (Å²) < 4.78 is 10.4. The smallest absolute Gasteiger partial charge is 0.291 e. The molecule has 9 nitrogen and oxygen atoms in total. The number of amides is 3. The number of nitrogens with one attached hydrogen (secondary N) is 4. The van der Waals surface area contributed by atoms with E-state index in [2.05, 4.69) is 21.3 Å². The van der Waals surface area contributed by atoms with E-state index >= 15 is 0 Å². The number of hydrogen-bond acceptors (Lipinski definition) is 6. The molecule has 166 valence electrons. The Morgan fingerprint density at radius 2 is 1.59 bits per heavy atom. The Morgan fingerprint density at radius 1 is 0.906 bits per heavy atom. The third-order valence-corrected chi connectivity index (χ3v) is 4.44. The first-order chi connectivity index (χ1) is 15.4. The van der Waals surface area contributed by atoms with E-state index in [1.54, 1.807) is 61.5 Å². The lowest BCUT2D eigenvalue weighted by atomic mass is 10.2. The fraction of sp³-hybridized carbons (Fsp3) is 0.174. The Morgan fingerprint density at radius 3 is 2.22 bits per heavy atom. The minimum Gasteiger partial charge on any atom is -0.495 e. The zero-order valence-electron chi connectivity index (χ0n) is 17.9. The van der Waals surface area contributed by atoms with Gasteiger partial charge in [-0.2, -0.15) is 0 Å². The highest BCUT2D eigenvalue weighted by Crippen LogP contribution is 2.28. The van der Waals surface area contributed by atoms with Gasteiger partial charge in [0.1, 0.15) is 11.8 Å². The zero-order chi connectivity index (χ0) is 23.1. The molecule has 0 fully saturated rings. The zero-order valence-corrected chi connectivity index (χ0v) is 17.9. The van der Waals surface area contributed by atoms with Crippen LogP contribution in [0, 0.1) is 0 Å². The van der Waals surface area contributed by atoms with Crippen LogP contribution in [0.5, 0.6) is 5.75 Å². The van der Waals surface area contributed by atoms with Crippen molar-refractivity contribution in [3.8, 4) is 5.75 Å². The second-order valence-electron chi connectivity index (χ2n) is 6.96. The largest absolute Gasteiger partial charge is 0.495 e. The van der Waals surface area contributed by atoms with Crippen LogP contribution in [0.4, 0.5) is 22.7 Å². The lowest BCUT2D eigenvalue weighted by Crippen LogP contribution is -2.32. The summed E-state index contributed by atoms with van der Waals surface area (Å²) in [4.78, 5) is 36.0. The van der Waals surface area contributed by atoms with Crippen LogP contribution in [0.1, 0.15) is 24.4 Å². The van der Waals surface area contributed by atoms with Gasteiger partial charge in [0.2, 0.25) is 11.8 Å². The van der Waals surface area contributed by atoms with Crippen LogP contribution in [0.3, 0.4) is 0 Å². The van der Waals surface area contributed by atoms with Gasteiger partial charge in [-0.3, -0.25) is 14.4 Å². The van der Waals surface area contributed by atoms with Gasteiger partial charge in [-0.1, -0.05) is 0 Å². The van der Waals surface area contributed by atoms with Crippen LogP contribution in [0.2, 0.25) is 0 Å². The van der Waals surface area contributed by atoms with Crippen LogP contribution in [-0.4, -0.2) is 30.9 Å². The second kappa shape index (κ2) is 10.2. The summed E-state index contributed by atoms with van der Waals surface area (Å²) in [7, 11) is 1.50. The van der Waals surface area contributed by atoms with Gasteiger partial charge in [0, 0.05) is 24.0 Å². The summed E-state index contributed by atoms with van der Waals surface area (Å²) >= 11 is 0. The van der Waals surface area contributed by atoms with E-state index in [9.17, 15) is 14.4 Å². The summed E-state index contributed by atoms with van der Waals surface area (Å²) in [5, 5.41) is 11.3. The molecule has 1 unspecified atom stereocenters. The van der Waals surface area contributed by atoms with E-state index < -0.39 is 6.04 Å². The van der Waals surface area contributed by atoms with Gasteiger partial charge in [-0.15, -0.1) is 0 Å². The molecule has 0 spiro atoms. The van der Waals surface area contributed by atoms with E-state index in [1.807, 2.05) is 0 Å². The van der Waals surface area contributed by atoms with Crippen molar-refractivity contribution < 1.29 is 23.5 Å². The number of rotatable bonds is 8. The van der Waals surface area contributed by atoms with Crippen molar-refractivity contribution in [1.29, 1.82) is 0 Å². The van der Waals surface area contributed by atoms with Crippen molar-refractivity contribution in [1.82, 2.24) is 0 Å². The Hall–Kier alpha value is -4.27. The van der Waals surface area contributed by atoms with Crippen molar-refractivity contribution in [3.05, 3.63) is 66.6 Å². The normalized spacial score (nSPS) is 11.2. The number of carbonyl (C=O) groups excluding carboxylic acids is 3. The predicted molar refractivity (Wildman–Crippen MR) is 122 cm³/mol.